The average Bonchev–Trinajstić information content (AvgIpc) is 2.74. The quantitative estimate of drug-likeness (QED) is 0.887. The van der Waals surface area contributed by atoms with Crippen LogP contribution in [0.1, 0.15) is 24.8 Å². The molecule has 5 nitrogen and oxygen atoms in total. The Balaban J connectivity index is 1.74. The Kier molecular flexibility index (Phi) is 5.51. The number of likely N-dealkylation sites (N-methyl/N-ethyl adjacent to an activating group) is 1. The van der Waals surface area contributed by atoms with Gasteiger partial charge < -0.3 is 10.1 Å². The molecule has 2 fully saturated rings. The Hall–Kier alpha value is -1.37. The van der Waals surface area contributed by atoms with Gasteiger partial charge in [0.2, 0.25) is 5.91 Å². The minimum Gasteiger partial charge on any atom is -0.492 e. The lowest BCUT2D eigenvalue weighted by Crippen LogP contribution is -2.60. The summed E-state index contributed by atoms with van der Waals surface area (Å²) in [6, 6.07) is 3.26. The van der Waals surface area contributed by atoms with Crippen LogP contribution in [0.25, 0.3) is 0 Å². The molecule has 1 N–H and O–H groups in total. The average molecular weight is 370 g/mol. The summed E-state index contributed by atoms with van der Waals surface area (Å²) in [7, 11) is 3.55. The maximum atomic E-state index is 14.1. The second kappa shape index (κ2) is 7.48. The van der Waals surface area contributed by atoms with Crippen molar-refractivity contribution in [2.24, 2.45) is 0 Å². The number of nitrogens with one attached hydrogen (secondary N) is 1. The summed E-state index contributed by atoms with van der Waals surface area (Å²) in [5.74, 6) is -0.210. The monoisotopic (exact) mass is 369 g/mol. The van der Waals surface area contributed by atoms with Gasteiger partial charge in [-0.2, -0.15) is 0 Å². The summed E-state index contributed by atoms with van der Waals surface area (Å²) in [5, 5.41) is 3.26. The van der Waals surface area contributed by atoms with E-state index < -0.39 is 5.82 Å². The van der Waals surface area contributed by atoms with Gasteiger partial charge in [0.1, 0.15) is 0 Å². The van der Waals surface area contributed by atoms with Crippen molar-refractivity contribution >= 4 is 17.5 Å². The van der Waals surface area contributed by atoms with Gasteiger partial charge in [0.05, 0.1) is 12.1 Å². The van der Waals surface area contributed by atoms with Crippen LogP contribution in [0.5, 0.6) is 5.75 Å². The second-order valence-electron chi connectivity index (χ2n) is 7.05. The maximum Gasteiger partial charge on any atom is 0.220 e. The van der Waals surface area contributed by atoms with E-state index in [1.165, 1.54) is 13.2 Å². The number of piperazine rings is 1. The van der Waals surface area contributed by atoms with Crippen LogP contribution in [-0.4, -0.2) is 61.6 Å². The molecule has 2 aliphatic heterocycles. The Bertz CT molecular complexity index is 634. The third kappa shape index (κ3) is 3.91. The van der Waals surface area contributed by atoms with Crippen LogP contribution in [0.3, 0.4) is 0 Å². The summed E-state index contributed by atoms with van der Waals surface area (Å²) in [4.78, 5) is 16.4. The third-order valence-electron chi connectivity index (χ3n) is 5.48. The highest BCUT2D eigenvalue weighted by Gasteiger charge is 2.40. The molecular formula is C18H25ClFN3O2. The van der Waals surface area contributed by atoms with E-state index in [1.807, 2.05) is 0 Å². The number of rotatable bonds is 3. The van der Waals surface area contributed by atoms with Crippen molar-refractivity contribution in [1.82, 2.24) is 15.1 Å². The van der Waals surface area contributed by atoms with E-state index in [0.29, 0.717) is 24.5 Å². The molecule has 1 aromatic carbocycles. The van der Waals surface area contributed by atoms with E-state index in [-0.39, 0.29) is 17.2 Å². The first-order chi connectivity index (χ1) is 11.9. The summed E-state index contributed by atoms with van der Waals surface area (Å²) in [6.07, 6.45) is 2.34. The topological polar surface area (TPSA) is 44.8 Å². The molecule has 0 bridgehead atoms. The molecule has 0 radical (unpaired) electrons. The Morgan fingerprint density at radius 3 is 2.88 bits per heavy atom. The molecule has 7 heteroatoms. The number of ether oxygens (including phenoxy) is 1. The van der Waals surface area contributed by atoms with E-state index in [1.54, 1.807) is 6.07 Å². The zero-order chi connectivity index (χ0) is 18.0. The molecular weight excluding hydrogens is 345 g/mol. The van der Waals surface area contributed by atoms with Gasteiger partial charge >= 0.3 is 0 Å². The predicted molar refractivity (Wildman–Crippen MR) is 95.5 cm³/mol. The number of hydrogen-bond acceptors (Lipinski definition) is 4. The van der Waals surface area contributed by atoms with Gasteiger partial charge in [-0.05, 0) is 37.6 Å². The minimum absolute atomic E-state index is 0.00772. The smallest absolute Gasteiger partial charge is 0.220 e. The summed E-state index contributed by atoms with van der Waals surface area (Å²) in [5.41, 5.74) is 0.831. The SMILES string of the molecule is COc1c(F)cc(CN2CCN(C)[C@]3(CCNC(=O)CC3)C2)cc1Cl. The van der Waals surface area contributed by atoms with Crippen molar-refractivity contribution in [3.05, 3.63) is 28.5 Å². The number of nitrogens with zero attached hydrogens (tertiary/aromatic N) is 2. The normalized spacial score (nSPS) is 25.7. The molecule has 1 aromatic rings. The molecule has 1 atom stereocenters. The van der Waals surface area contributed by atoms with Gasteiger partial charge in [-0.25, -0.2) is 4.39 Å². The highest BCUT2D eigenvalue weighted by Crippen LogP contribution is 2.33. The highest BCUT2D eigenvalue weighted by atomic mass is 35.5. The molecule has 2 saturated heterocycles. The van der Waals surface area contributed by atoms with Crippen LogP contribution >= 0.6 is 11.6 Å². The Labute approximate surface area is 153 Å². The second-order valence-corrected chi connectivity index (χ2v) is 7.46. The zero-order valence-corrected chi connectivity index (χ0v) is 15.5. The van der Waals surface area contributed by atoms with Crippen LogP contribution in [0.2, 0.25) is 5.02 Å². The van der Waals surface area contributed by atoms with Crippen LogP contribution in [-0.2, 0) is 11.3 Å². The molecule has 0 saturated carbocycles. The molecule has 1 spiro atoms. The van der Waals surface area contributed by atoms with Crippen molar-refractivity contribution in [3.63, 3.8) is 0 Å². The van der Waals surface area contributed by atoms with Gasteiger partial charge in [-0.15, -0.1) is 0 Å². The van der Waals surface area contributed by atoms with Crippen molar-refractivity contribution in [1.29, 1.82) is 0 Å². The fourth-order valence-corrected chi connectivity index (χ4v) is 4.28. The van der Waals surface area contributed by atoms with E-state index in [2.05, 4.69) is 22.2 Å². The number of benzene rings is 1. The maximum absolute atomic E-state index is 14.1. The van der Waals surface area contributed by atoms with Gasteiger partial charge in [0.15, 0.2) is 11.6 Å². The van der Waals surface area contributed by atoms with Crippen LogP contribution in [0, 0.1) is 5.82 Å². The van der Waals surface area contributed by atoms with Crippen LogP contribution < -0.4 is 10.1 Å². The van der Waals surface area contributed by atoms with E-state index in [9.17, 15) is 9.18 Å². The fourth-order valence-electron chi connectivity index (χ4n) is 3.97. The molecule has 0 aliphatic carbocycles. The predicted octanol–water partition coefficient (Wildman–Crippen LogP) is 2.27. The molecule has 3 rings (SSSR count). The first-order valence-corrected chi connectivity index (χ1v) is 9.03. The first kappa shape index (κ1) is 18.4. The molecule has 0 aromatic heterocycles. The van der Waals surface area contributed by atoms with E-state index in [4.69, 9.17) is 16.3 Å². The number of carbonyl (C=O) groups excluding carboxylic acids is 1. The van der Waals surface area contributed by atoms with Crippen molar-refractivity contribution in [2.45, 2.75) is 31.3 Å². The standard InChI is InChI=1S/C18H25ClFN3O2/c1-22-7-8-23(12-18(22)4-3-16(24)21-6-5-18)11-13-9-14(19)17(25-2)15(20)10-13/h9-10H,3-8,11-12H2,1-2H3,(H,21,24)/t18-/m1/s1. The molecule has 1 amide bonds. The lowest BCUT2D eigenvalue weighted by atomic mass is 9.86. The lowest BCUT2D eigenvalue weighted by Gasteiger charge is -2.49. The molecule has 2 heterocycles. The van der Waals surface area contributed by atoms with Gasteiger partial charge in [0, 0.05) is 44.7 Å². The largest absolute Gasteiger partial charge is 0.492 e. The Morgan fingerprint density at radius 2 is 2.16 bits per heavy atom. The summed E-state index contributed by atoms with van der Waals surface area (Å²) >= 11 is 6.12. The number of carbonyl (C=O) groups is 1. The minimum atomic E-state index is -0.432. The molecule has 138 valence electrons. The number of methoxy groups -OCH3 is 1. The van der Waals surface area contributed by atoms with E-state index >= 15 is 0 Å². The van der Waals surface area contributed by atoms with Crippen LogP contribution in [0.15, 0.2) is 12.1 Å². The molecule has 25 heavy (non-hydrogen) atoms. The molecule has 0 unspecified atom stereocenters. The van der Waals surface area contributed by atoms with Crippen molar-refractivity contribution in [2.75, 3.05) is 40.3 Å². The van der Waals surface area contributed by atoms with Gasteiger partial charge in [-0.3, -0.25) is 14.6 Å². The lowest BCUT2D eigenvalue weighted by molar-refractivity contribution is -0.121. The highest BCUT2D eigenvalue weighted by molar-refractivity contribution is 6.32. The summed E-state index contributed by atoms with van der Waals surface area (Å²) in [6.45, 7) is 4.05. The van der Waals surface area contributed by atoms with Crippen LogP contribution in [0.4, 0.5) is 4.39 Å². The van der Waals surface area contributed by atoms with Gasteiger partial charge in [0.25, 0.3) is 0 Å². The first-order valence-electron chi connectivity index (χ1n) is 8.66. The number of amides is 1. The summed E-state index contributed by atoms with van der Waals surface area (Å²) < 4.78 is 19.1. The van der Waals surface area contributed by atoms with Crippen molar-refractivity contribution in [3.8, 4) is 5.75 Å². The fraction of sp³-hybridized carbons (Fsp3) is 0.611. The van der Waals surface area contributed by atoms with E-state index in [0.717, 1.165) is 38.0 Å². The molecule has 2 aliphatic rings. The Morgan fingerprint density at radius 1 is 1.36 bits per heavy atom. The third-order valence-corrected chi connectivity index (χ3v) is 5.76. The number of halogens is 2. The van der Waals surface area contributed by atoms with Crippen molar-refractivity contribution < 1.29 is 13.9 Å². The van der Waals surface area contributed by atoms with Gasteiger partial charge in [-0.1, -0.05) is 11.6 Å². The number of hydrogen-bond donors (Lipinski definition) is 1. The zero-order valence-electron chi connectivity index (χ0n) is 14.8.